The van der Waals surface area contributed by atoms with Crippen molar-refractivity contribution >= 4 is 0 Å². The average Bonchev–Trinajstić information content (AvgIpc) is 1.94. The van der Waals surface area contributed by atoms with Crippen LogP contribution in [0.2, 0.25) is 0 Å². The highest BCUT2D eigenvalue weighted by atomic mass is 15.0. The van der Waals surface area contributed by atoms with Crippen molar-refractivity contribution in [3.8, 4) is 0 Å². The van der Waals surface area contributed by atoms with Crippen LogP contribution in [-0.4, -0.2) is 12.7 Å². The fourth-order valence-corrected chi connectivity index (χ4v) is 0.879. The first-order valence-electron chi connectivity index (χ1n) is 3.88. The lowest BCUT2D eigenvalue weighted by molar-refractivity contribution is 0.411. The molecule has 3 N–H and O–H groups in total. The first-order valence-corrected chi connectivity index (χ1v) is 3.88. The summed E-state index contributed by atoms with van der Waals surface area (Å²) in [6.45, 7) is 5.11. The second-order valence-electron chi connectivity index (χ2n) is 2.06. The van der Waals surface area contributed by atoms with Crippen molar-refractivity contribution in [3.05, 3.63) is 0 Å². The van der Waals surface area contributed by atoms with Gasteiger partial charge in [-0.3, -0.25) is 0 Å². The Morgan fingerprint density at radius 1 is 1.33 bits per heavy atom. The third-order valence-electron chi connectivity index (χ3n) is 1.35. The molecular formula is C7H18N2. The zero-order valence-electron chi connectivity index (χ0n) is 6.48. The number of rotatable bonds is 0. The third kappa shape index (κ3) is 4.43. The van der Waals surface area contributed by atoms with Crippen LogP contribution in [0.5, 0.6) is 0 Å². The van der Waals surface area contributed by atoms with Crippen molar-refractivity contribution in [1.29, 1.82) is 0 Å². The van der Waals surface area contributed by atoms with Gasteiger partial charge in [-0.2, -0.15) is 0 Å². The van der Waals surface area contributed by atoms with Crippen LogP contribution in [-0.2, 0) is 0 Å². The maximum Gasteiger partial charge on any atom is 0.0546 e. The molecule has 56 valence electrons. The van der Waals surface area contributed by atoms with Gasteiger partial charge in [-0.15, -0.1) is 0 Å². The summed E-state index contributed by atoms with van der Waals surface area (Å²) in [7, 11) is 0. The molecule has 0 aliphatic carbocycles. The molecule has 1 aliphatic rings. The lowest BCUT2D eigenvalue weighted by atomic mass is 10.1. The lowest BCUT2D eigenvalue weighted by Crippen LogP contribution is -2.40. The molecule has 0 aromatic rings. The Bertz CT molecular complexity index is 48.9. The molecule has 0 radical (unpaired) electrons. The van der Waals surface area contributed by atoms with E-state index in [4.69, 9.17) is 5.73 Å². The second kappa shape index (κ2) is 6.05. The first kappa shape index (κ1) is 8.92. The predicted molar refractivity (Wildman–Crippen MR) is 41.2 cm³/mol. The molecule has 2 nitrogen and oxygen atoms in total. The van der Waals surface area contributed by atoms with E-state index < -0.39 is 0 Å². The van der Waals surface area contributed by atoms with Crippen LogP contribution in [0.3, 0.4) is 0 Å². The molecule has 1 saturated heterocycles. The molecule has 1 fully saturated rings. The van der Waals surface area contributed by atoms with E-state index in [1.807, 2.05) is 13.8 Å². The van der Waals surface area contributed by atoms with Crippen LogP contribution < -0.4 is 11.1 Å². The molecule has 0 aromatic carbocycles. The number of nitrogens with one attached hydrogen (secondary N) is 1. The summed E-state index contributed by atoms with van der Waals surface area (Å²) in [6.07, 6.45) is 4.04. The molecule has 0 saturated carbocycles. The zero-order valence-corrected chi connectivity index (χ0v) is 6.48. The van der Waals surface area contributed by atoms with Gasteiger partial charge in [-0.1, -0.05) is 13.8 Å². The number of piperidine rings is 1. The normalized spacial score (nSPS) is 26.3. The summed E-state index contributed by atoms with van der Waals surface area (Å²) in [5, 5.41) is 3.16. The summed E-state index contributed by atoms with van der Waals surface area (Å²) in [4.78, 5) is 0. The van der Waals surface area contributed by atoms with Crippen LogP contribution >= 0.6 is 0 Å². The largest absolute Gasteiger partial charge is 0.316 e. The van der Waals surface area contributed by atoms with Crippen LogP contribution in [0.1, 0.15) is 33.1 Å². The minimum atomic E-state index is 0.286. The SMILES string of the molecule is CC.NC1CCCCN1. The van der Waals surface area contributed by atoms with Gasteiger partial charge >= 0.3 is 0 Å². The van der Waals surface area contributed by atoms with E-state index in [2.05, 4.69) is 5.32 Å². The maximum absolute atomic E-state index is 5.52. The summed E-state index contributed by atoms with van der Waals surface area (Å²) in [5.74, 6) is 0. The first-order chi connectivity index (χ1) is 4.39. The molecule has 1 aliphatic heterocycles. The molecule has 1 heterocycles. The quantitative estimate of drug-likeness (QED) is 0.515. The van der Waals surface area contributed by atoms with Gasteiger partial charge in [0, 0.05) is 0 Å². The minimum Gasteiger partial charge on any atom is -0.316 e. The summed E-state index contributed by atoms with van der Waals surface area (Å²) < 4.78 is 0. The fraction of sp³-hybridized carbons (Fsp3) is 1.00. The maximum atomic E-state index is 5.52. The van der Waals surface area contributed by atoms with E-state index in [9.17, 15) is 0 Å². The Morgan fingerprint density at radius 3 is 2.22 bits per heavy atom. The Morgan fingerprint density at radius 2 is 2.00 bits per heavy atom. The smallest absolute Gasteiger partial charge is 0.0546 e. The van der Waals surface area contributed by atoms with E-state index in [0.29, 0.717) is 0 Å². The highest BCUT2D eigenvalue weighted by Gasteiger charge is 2.04. The highest BCUT2D eigenvalue weighted by Crippen LogP contribution is 2.00. The molecular weight excluding hydrogens is 112 g/mol. The van der Waals surface area contributed by atoms with Crippen LogP contribution in [0, 0.1) is 0 Å². The molecule has 9 heavy (non-hydrogen) atoms. The van der Waals surface area contributed by atoms with Crippen LogP contribution in [0.25, 0.3) is 0 Å². The number of hydrogen-bond acceptors (Lipinski definition) is 2. The van der Waals surface area contributed by atoms with E-state index in [0.717, 1.165) is 13.0 Å². The number of nitrogens with two attached hydrogens (primary N) is 1. The van der Waals surface area contributed by atoms with Gasteiger partial charge in [0.25, 0.3) is 0 Å². The summed E-state index contributed by atoms with van der Waals surface area (Å²) >= 11 is 0. The molecule has 0 amide bonds. The topological polar surface area (TPSA) is 38.0 Å². The standard InChI is InChI=1S/C5H12N2.C2H6/c6-5-3-1-2-4-7-5;1-2/h5,7H,1-4,6H2;1-2H3. The van der Waals surface area contributed by atoms with Crippen molar-refractivity contribution in [2.75, 3.05) is 6.54 Å². The number of hydrogen-bond donors (Lipinski definition) is 2. The molecule has 2 heteroatoms. The van der Waals surface area contributed by atoms with Gasteiger partial charge in [-0.25, -0.2) is 0 Å². The Balaban J connectivity index is 0.000000291. The van der Waals surface area contributed by atoms with E-state index in [1.54, 1.807) is 0 Å². The van der Waals surface area contributed by atoms with Crippen LogP contribution in [0.4, 0.5) is 0 Å². The zero-order chi connectivity index (χ0) is 7.11. The molecule has 1 atom stereocenters. The third-order valence-corrected chi connectivity index (χ3v) is 1.35. The summed E-state index contributed by atoms with van der Waals surface area (Å²) in [6, 6.07) is 0. The second-order valence-corrected chi connectivity index (χ2v) is 2.06. The molecule has 0 spiro atoms. The van der Waals surface area contributed by atoms with Crippen molar-refractivity contribution in [1.82, 2.24) is 5.32 Å². The van der Waals surface area contributed by atoms with Crippen LogP contribution in [0.15, 0.2) is 0 Å². The molecule has 1 rings (SSSR count). The molecule has 0 aromatic heterocycles. The van der Waals surface area contributed by atoms with Gasteiger partial charge in [0.1, 0.15) is 0 Å². The van der Waals surface area contributed by atoms with Gasteiger partial charge in [0.05, 0.1) is 6.17 Å². The summed E-state index contributed by atoms with van der Waals surface area (Å²) in [5.41, 5.74) is 5.52. The monoisotopic (exact) mass is 130 g/mol. The lowest BCUT2D eigenvalue weighted by Gasteiger charge is -2.18. The average molecular weight is 130 g/mol. The molecule has 1 unspecified atom stereocenters. The minimum absolute atomic E-state index is 0.286. The van der Waals surface area contributed by atoms with Crippen molar-refractivity contribution < 1.29 is 0 Å². The Hall–Kier alpha value is -0.0800. The van der Waals surface area contributed by atoms with Crippen molar-refractivity contribution in [3.63, 3.8) is 0 Å². The van der Waals surface area contributed by atoms with Gasteiger partial charge in [-0.05, 0) is 25.8 Å². The van der Waals surface area contributed by atoms with Gasteiger partial charge in [0.2, 0.25) is 0 Å². The van der Waals surface area contributed by atoms with Crippen molar-refractivity contribution in [2.45, 2.75) is 39.3 Å². The van der Waals surface area contributed by atoms with E-state index in [-0.39, 0.29) is 6.17 Å². The highest BCUT2D eigenvalue weighted by molar-refractivity contribution is 4.64. The van der Waals surface area contributed by atoms with Crippen molar-refractivity contribution in [2.24, 2.45) is 5.73 Å². The Labute approximate surface area is 57.8 Å². The van der Waals surface area contributed by atoms with Gasteiger partial charge in [0.15, 0.2) is 0 Å². The van der Waals surface area contributed by atoms with Gasteiger partial charge < -0.3 is 11.1 Å². The predicted octanol–water partition coefficient (Wildman–Crippen LogP) is 1.07. The van der Waals surface area contributed by atoms with E-state index >= 15 is 0 Å². The van der Waals surface area contributed by atoms with E-state index in [1.165, 1.54) is 12.8 Å². The molecule has 0 bridgehead atoms. The Kier molecular flexibility index (Phi) is 5.99. The fourth-order valence-electron chi connectivity index (χ4n) is 0.879.